The molecule has 0 fully saturated rings. The number of nitrogens with zero attached hydrogens (tertiary/aromatic N) is 1. The fraction of sp³-hybridized carbons (Fsp3) is 0.286. The maximum Gasteiger partial charge on any atom is 0.323 e. The third-order valence-electron chi connectivity index (χ3n) is 6.04. The third kappa shape index (κ3) is 6.00. The molecule has 1 atom stereocenters. The van der Waals surface area contributed by atoms with Crippen LogP contribution in [0.1, 0.15) is 49.8 Å². The fourth-order valence-electron chi connectivity index (χ4n) is 4.15. The van der Waals surface area contributed by atoms with Crippen LogP contribution >= 0.6 is 0 Å². The van der Waals surface area contributed by atoms with Crippen molar-refractivity contribution < 1.29 is 23.1 Å². The zero-order valence-electron chi connectivity index (χ0n) is 20.5. The average Bonchev–Trinajstić information content (AvgIpc) is 2.94. The summed E-state index contributed by atoms with van der Waals surface area (Å²) in [5.74, 6) is -0.748. The minimum absolute atomic E-state index is 0.0251. The van der Waals surface area contributed by atoms with Gasteiger partial charge in [0.15, 0.2) is 6.10 Å². The normalized spacial score (nSPS) is 15.2. The van der Waals surface area contributed by atoms with E-state index < -0.39 is 23.8 Å². The lowest BCUT2D eigenvalue weighted by molar-refractivity contribution is -0.139. The van der Waals surface area contributed by atoms with Gasteiger partial charge in [0.05, 0.1) is 0 Å². The van der Waals surface area contributed by atoms with Crippen molar-refractivity contribution in [2.24, 2.45) is 0 Å². The van der Waals surface area contributed by atoms with Crippen molar-refractivity contribution in [1.29, 1.82) is 0 Å². The van der Waals surface area contributed by atoms with Gasteiger partial charge in [0.1, 0.15) is 17.4 Å². The number of hydrogen-bond donors (Lipinski definition) is 2. The Morgan fingerprint density at radius 2 is 1.64 bits per heavy atom. The average molecular weight is 494 g/mol. The minimum Gasteiger partial charge on any atom is -0.480 e. The lowest BCUT2D eigenvalue weighted by Crippen LogP contribution is -2.38. The van der Waals surface area contributed by atoms with E-state index in [1.807, 2.05) is 31.2 Å². The van der Waals surface area contributed by atoms with Crippen molar-refractivity contribution in [3.8, 4) is 5.75 Å². The number of carbonyl (C=O) groups is 2. The molecule has 1 heterocycles. The van der Waals surface area contributed by atoms with Gasteiger partial charge in [-0.15, -0.1) is 0 Å². The molecule has 1 aliphatic heterocycles. The molecule has 0 aromatic heterocycles. The van der Waals surface area contributed by atoms with E-state index in [1.165, 1.54) is 22.6 Å². The van der Waals surface area contributed by atoms with E-state index in [2.05, 4.69) is 24.5 Å². The molecule has 0 bridgehead atoms. The Labute approximate surface area is 209 Å². The van der Waals surface area contributed by atoms with Crippen LogP contribution in [0.5, 0.6) is 5.75 Å². The first kappa shape index (κ1) is 25.2. The number of urea groups is 1. The van der Waals surface area contributed by atoms with Crippen LogP contribution in [0.25, 0.3) is 0 Å². The Bertz CT molecular complexity index is 1240. The van der Waals surface area contributed by atoms with E-state index in [0.29, 0.717) is 40.6 Å². The van der Waals surface area contributed by atoms with Crippen molar-refractivity contribution in [2.45, 2.75) is 52.3 Å². The second-order valence-electron chi connectivity index (χ2n) is 9.17. The predicted octanol–water partition coefficient (Wildman–Crippen LogP) is 6.43. The molecule has 0 aliphatic carbocycles. The first-order chi connectivity index (χ1) is 17.2. The summed E-state index contributed by atoms with van der Waals surface area (Å²) in [6.45, 7) is 6.23. The largest absolute Gasteiger partial charge is 0.480 e. The molecule has 36 heavy (non-hydrogen) atoms. The van der Waals surface area contributed by atoms with Gasteiger partial charge in [-0.3, -0.25) is 4.79 Å². The molecule has 3 aromatic rings. The minimum atomic E-state index is -0.722. The first-order valence-electron chi connectivity index (χ1n) is 11.9. The molecular weight excluding hydrogens is 464 g/mol. The van der Waals surface area contributed by atoms with E-state index in [0.717, 1.165) is 6.07 Å². The number of ether oxygens (including phenoxy) is 1. The Hall–Kier alpha value is -3.94. The van der Waals surface area contributed by atoms with Crippen molar-refractivity contribution in [3.05, 3.63) is 89.0 Å². The highest BCUT2D eigenvalue weighted by Gasteiger charge is 2.30. The van der Waals surface area contributed by atoms with Crippen molar-refractivity contribution >= 4 is 23.3 Å². The molecule has 6 nitrogen and oxygen atoms in total. The van der Waals surface area contributed by atoms with E-state index in [4.69, 9.17) is 4.74 Å². The summed E-state index contributed by atoms with van der Waals surface area (Å²) in [6, 6.07) is 15.6. The van der Waals surface area contributed by atoms with Crippen LogP contribution < -0.4 is 15.4 Å². The topological polar surface area (TPSA) is 70.7 Å². The van der Waals surface area contributed by atoms with Gasteiger partial charge in [0.2, 0.25) is 0 Å². The van der Waals surface area contributed by atoms with Gasteiger partial charge in [-0.2, -0.15) is 0 Å². The molecule has 0 saturated heterocycles. The smallest absolute Gasteiger partial charge is 0.323 e. The van der Waals surface area contributed by atoms with Crippen molar-refractivity contribution in [2.75, 3.05) is 10.6 Å². The van der Waals surface area contributed by atoms with Gasteiger partial charge in [-0.25, -0.2) is 13.6 Å². The number of hydrogen-bond acceptors (Lipinski definition) is 3. The number of amides is 3. The van der Waals surface area contributed by atoms with Gasteiger partial charge in [0.25, 0.3) is 5.91 Å². The number of carbonyl (C=O) groups excluding carboxylic acids is 2. The number of fused-ring (bicyclic) bond motifs is 1. The highest BCUT2D eigenvalue weighted by molar-refractivity contribution is 5.99. The number of nitrogens with one attached hydrogen (secondary N) is 2. The van der Waals surface area contributed by atoms with Crippen LogP contribution in [0.2, 0.25) is 0 Å². The third-order valence-corrected chi connectivity index (χ3v) is 6.04. The van der Waals surface area contributed by atoms with Gasteiger partial charge in [-0.1, -0.05) is 32.9 Å². The van der Waals surface area contributed by atoms with Crippen LogP contribution in [-0.4, -0.2) is 22.9 Å². The molecule has 1 aliphatic rings. The molecular formula is C28H29F2N3O3. The maximum atomic E-state index is 13.7. The second-order valence-corrected chi connectivity index (χ2v) is 9.17. The van der Waals surface area contributed by atoms with Gasteiger partial charge in [-0.05, 0) is 65.9 Å². The monoisotopic (exact) mass is 493 g/mol. The molecule has 188 valence electrons. The Morgan fingerprint density at radius 3 is 2.28 bits per heavy atom. The number of benzene rings is 3. The van der Waals surface area contributed by atoms with Crippen LogP contribution in [0.3, 0.4) is 0 Å². The van der Waals surface area contributed by atoms with Crippen molar-refractivity contribution in [3.63, 3.8) is 0 Å². The maximum absolute atomic E-state index is 13.7. The summed E-state index contributed by atoms with van der Waals surface area (Å²) in [6.07, 6.45) is -0.287. The van der Waals surface area contributed by atoms with E-state index >= 15 is 0 Å². The lowest BCUT2D eigenvalue weighted by Gasteiger charge is -2.23. The summed E-state index contributed by atoms with van der Waals surface area (Å²) >= 11 is 0. The molecule has 0 radical (unpaired) electrons. The Kier molecular flexibility index (Phi) is 7.52. The zero-order chi connectivity index (χ0) is 25.8. The molecule has 2 N–H and O–H groups in total. The van der Waals surface area contributed by atoms with Crippen molar-refractivity contribution in [1.82, 2.24) is 4.90 Å². The molecule has 3 aromatic carbocycles. The zero-order valence-corrected chi connectivity index (χ0v) is 20.5. The summed E-state index contributed by atoms with van der Waals surface area (Å²) in [5, 5.41) is 5.61. The molecule has 0 saturated carbocycles. The van der Waals surface area contributed by atoms with Gasteiger partial charge < -0.3 is 20.3 Å². The number of anilines is 2. The fourth-order valence-corrected chi connectivity index (χ4v) is 4.15. The van der Waals surface area contributed by atoms with Crippen LogP contribution in [0, 0.1) is 11.6 Å². The lowest BCUT2D eigenvalue weighted by atomic mass is 10.0. The van der Waals surface area contributed by atoms with Crippen LogP contribution in [0.4, 0.5) is 25.0 Å². The molecule has 4 rings (SSSR count). The SMILES string of the molecule is CC[C@H]1Oc2ccc(NC(=O)Nc3ccc(C(C)C)cc3)cc2CN(Cc2cc(F)cc(F)c2)C1=O. The van der Waals surface area contributed by atoms with Crippen LogP contribution in [0.15, 0.2) is 60.7 Å². The Balaban J connectivity index is 1.51. The molecule has 3 amide bonds. The molecule has 0 spiro atoms. The summed E-state index contributed by atoms with van der Waals surface area (Å²) < 4.78 is 33.4. The van der Waals surface area contributed by atoms with E-state index in [-0.39, 0.29) is 19.0 Å². The van der Waals surface area contributed by atoms with E-state index in [1.54, 1.807) is 18.2 Å². The van der Waals surface area contributed by atoms with Crippen LogP contribution in [-0.2, 0) is 17.9 Å². The number of rotatable bonds is 6. The molecule has 8 heteroatoms. The highest BCUT2D eigenvalue weighted by atomic mass is 19.1. The van der Waals surface area contributed by atoms with E-state index in [9.17, 15) is 18.4 Å². The first-order valence-corrected chi connectivity index (χ1v) is 11.9. The summed E-state index contributed by atoms with van der Waals surface area (Å²) in [4.78, 5) is 27.2. The predicted molar refractivity (Wildman–Crippen MR) is 135 cm³/mol. The Morgan fingerprint density at radius 1 is 1.00 bits per heavy atom. The van der Waals surface area contributed by atoms with Gasteiger partial charge >= 0.3 is 6.03 Å². The second kappa shape index (κ2) is 10.8. The number of halogens is 2. The quantitative estimate of drug-likeness (QED) is 0.416. The summed E-state index contributed by atoms with van der Waals surface area (Å²) in [7, 11) is 0. The summed E-state index contributed by atoms with van der Waals surface area (Å²) in [5.41, 5.74) is 3.39. The standard InChI is InChI=1S/C28H29F2N3O3/c1-4-25-27(34)33(15-18-11-21(29)14-22(30)12-18)16-20-13-24(9-10-26(20)36-25)32-28(35)31-23-7-5-19(6-8-23)17(2)3/h5-14,17,25H,4,15-16H2,1-3H3,(H2,31,32,35)/t25-/m1/s1. The van der Waals surface area contributed by atoms with Gasteiger partial charge in [0, 0.05) is 36.1 Å². The highest BCUT2D eigenvalue weighted by Crippen LogP contribution is 2.30. The molecule has 0 unspecified atom stereocenters.